The van der Waals surface area contributed by atoms with E-state index in [4.69, 9.17) is 4.42 Å². The summed E-state index contributed by atoms with van der Waals surface area (Å²) in [7, 11) is 0. The number of furan rings is 1. The molecule has 0 aliphatic heterocycles. The van der Waals surface area contributed by atoms with Gasteiger partial charge in [0.25, 0.3) is 5.69 Å². The van der Waals surface area contributed by atoms with E-state index in [1.807, 2.05) is 31.2 Å². The van der Waals surface area contributed by atoms with Crippen LogP contribution in [0.15, 0.2) is 69.1 Å². The number of fused-ring (bicyclic) bond motifs is 1. The number of aromatic nitrogens is 2. The quantitative estimate of drug-likeness (QED) is 0.199. The van der Waals surface area contributed by atoms with Crippen molar-refractivity contribution in [2.75, 3.05) is 0 Å². The van der Waals surface area contributed by atoms with Crippen LogP contribution in [0.1, 0.15) is 11.3 Å². The number of nitrogens with zero attached hydrogens (tertiary/aromatic N) is 3. The Hall–Kier alpha value is -3.83. The summed E-state index contributed by atoms with van der Waals surface area (Å²) in [5.74, 6) is 0.981. The largest absolute Gasteiger partial charge is 0.457 e. The first-order valence-electron chi connectivity index (χ1n) is 8.63. The van der Waals surface area contributed by atoms with E-state index in [0.717, 1.165) is 16.6 Å². The normalized spacial score (nSPS) is 11.5. The smallest absolute Gasteiger partial charge is 0.270 e. The average Bonchev–Trinajstić information content (AvgIpc) is 3.34. The molecule has 0 saturated carbocycles. The molecule has 0 amide bonds. The molecule has 2 aromatic heterocycles. The number of nitrogens with one attached hydrogen (secondary N) is 1. The molecule has 0 radical (unpaired) electrons. The summed E-state index contributed by atoms with van der Waals surface area (Å²) in [5.41, 5.74) is 3.22. The Morgan fingerprint density at radius 2 is 2.10 bits per heavy atom. The highest BCUT2D eigenvalue weighted by molar-refractivity contribution is 8.03. The van der Waals surface area contributed by atoms with Gasteiger partial charge in [0, 0.05) is 23.8 Å². The highest BCUT2D eigenvalue weighted by Crippen LogP contribution is 2.32. The highest BCUT2D eigenvalue weighted by atomic mass is 32.2. The Morgan fingerprint density at radius 3 is 2.86 bits per heavy atom. The predicted octanol–water partition coefficient (Wildman–Crippen LogP) is 5.70. The molecule has 0 bridgehead atoms. The van der Waals surface area contributed by atoms with E-state index in [1.54, 1.807) is 24.3 Å². The molecule has 29 heavy (non-hydrogen) atoms. The summed E-state index contributed by atoms with van der Waals surface area (Å²) in [6.45, 7) is 1.86. The second-order valence-electron chi connectivity index (χ2n) is 6.24. The number of hydrogen-bond acceptors (Lipinski definition) is 6. The van der Waals surface area contributed by atoms with Crippen LogP contribution in [0, 0.1) is 28.4 Å². The Bertz CT molecular complexity index is 1260. The zero-order valence-electron chi connectivity index (χ0n) is 15.2. The number of nitro benzene ring substituents is 1. The molecule has 0 spiro atoms. The monoisotopic (exact) mass is 402 g/mol. The van der Waals surface area contributed by atoms with Crippen molar-refractivity contribution in [3.05, 3.63) is 80.9 Å². The second-order valence-corrected chi connectivity index (χ2v) is 7.27. The van der Waals surface area contributed by atoms with Gasteiger partial charge in [-0.05, 0) is 48.5 Å². The molecule has 142 valence electrons. The van der Waals surface area contributed by atoms with Gasteiger partial charge in [-0.25, -0.2) is 4.98 Å². The van der Waals surface area contributed by atoms with Crippen LogP contribution in [0.25, 0.3) is 28.4 Å². The van der Waals surface area contributed by atoms with Gasteiger partial charge in [-0.3, -0.25) is 10.1 Å². The Morgan fingerprint density at radius 1 is 1.28 bits per heavy atom. The van der Waals surface area contributed by atoms with E-state index in [0.29, 0.717) is 27.1 Å². The molecule has 2 heterocycles. The molecule has 0 saturated heterocycles. The highest BCUT2D eigenvalue weighted by Gasteiger charge is 2.13. The minimum Gasteiger partial charge on any atom is -0.457 e. The van der Waals surface area contributed by atoms with Gasteiger partial charge in [0.2, 0.25) is 0 Å². The van der Waals surface area contributed by atoms with Crippen LogP contribution >= 0.6 is 11.8 Å². The Balaban J connectivity index is 1.61. The maximum Gasteiger partial charge on any atom is 0.270 e. The van der Waals surface area contributed by atoms with Crippen molar-refractivity contribution in [2.24, 2.45) is 0 Å². The molecule has 0 atom stereocenters. The van der Waals surface area contributed by atoms with Gasteiger partial charge >= 0.3 is 0 Å². The van der Waals surface area contributed by atoms with Crippen LogP contribution in [0.2, 0.25) is 0 Å². The van der Waals surface area contributed by atoms with Crippen LogP contribution in [0.3, 0.4) is 0 Å². The number of allylic oxidation sites excluding steroid dienone is 1. The number of aromatic amines is 1. The van der Waals surface area contributed by atoms with Crippen molar-refractivity contribution >= 4 is 34.6 Å². The van der Waals surface area contributed by atoms with Crippen molar-refractivity contribution in [1.29, 1.82) is 5.26 Å². The maximum absolute atomic E-state index is 11.0. The van der Waals surface area contributed by atoms with E-state index in [9.17, 15) is 15.4 Å². The van der Waals surface area contributed by atoms with Crippen molar-refractivity contribution in [2.45, 2.75) is 12.1 Å². The molecule has 4 aromatic rings. The van der Waals surface area contributed by atoms with Crippen LogP contribution < -0.4 is 0 Å². The van der Waals surface area contributed by atoms with E-state index in [-0.39, 0.29) is 5.69 Å². The van der Waals surface area contributed by atoms with Crippen LogP contribution in [0.5, 0.6) is 0 Å². The third kappa shape index (κ3) is 3.90. The van der Waals surface area contributed by atoms with Crippen LogP contribution in [-0.2, 0) is 0 Å². The lowest BCUT2D eigenvalue weighted by atomic mass is 10.1. The molecule has 0 aliphatic rings. The number of H-pyrrole nitrogens is 1. The summed E-state index contributed by atoms with van der Waals surface area (Å²) in [5, 5.41) is 21.1. The lowest BCUT2D eigenvalue weighted by Crippen LogP contribution is -1.89. The molecule has 7 nitrogen and oxygen atoms in total. The standard InChI is InChI=1S/C21H14N4O3S/c1-13-6-7-14(25(26)27)10-17(13)20-9-8-15(28-20)11-16(12-22)29-21-23-18-4-2-3-5-19(18)24-21/h2-11H,1H3,(H,23,24)/b16-11+. The summed E-state index contributed by atoms with van der Waals surface area (Å²) in [6, 6.07) is 17.9. The van der Waals surface area contributed by atoms with E-state index >= 15 is 0 Å². The third-order valence-corrected chi connectivity index (χ3v) is 5.10. The molecule has 2 aromatic carbocycles. The molecule has 8 heteroatoms. The van der Waals surface area contributed by atoms with Gasteiger partial charge in [0.05, 0.1) is 20.9 Å². The summed E-state index contributed by atoms with van der Waals surface area (Å²) in [4.78, 5) is 18.6. The third-order valence-electron chi connectivity index (χ3n) is 4.28. The van der Waals surface area contributed by atoms with Crippen molar-refractivity contribution in [1.82, 2.24) is 9.97 Å². The fraction of sp³-hybridized carbons (Fsp3) is 0.0476. The molecule has 0 unspecified atom stereocenters. The van der Waals surface area contributed by atoms with Crippen molar-refractivity contribution in [3.8, 4) is 17.4 Å². The van der Waals surface area contributed by atoms with Gasteiger partial charge in [0.1, 0.15) is 17.6 Å². The molecular weight excluding hydrogens is 388 g/mol. The van der Waals surface area contributed by atoms with E-state index in [2.05, 4.69) is 16.0 Å². The van der Waals surface area contributed by atoms with Crippen molar-refractivity contribution in [3.63, 3.8) is 0 Å². The SMILES string of the molecule is Cc1ccc([N+](=O)[O-])cc1-c1ccc(/C=C(\C#N)Sc2nc3ccccc3[nH]2)o1. The predicted molar refractivity (Wildman–Crippen MR) is 111 cm³/mol. The number of para-hydroxylation sites is 2. The fourth-order valence-corrected chi connectivity index (χ4v) is 3.59. The first kappa shape index (κ1) is 18.5. The number of thioether (sulfide) groups is 1. The zero-order chi connectivity index (χ0) is 20.4. The number of hydrogen-bond donors (Lipinski definition) is 1. The van der Waals surface area contributed by atoms with Gasteiger partial charge < -0.3 is 9.40 Å². The van der Waals surface area contributed by atoms with Crippen LogP contribution in [-0.4, -0.2) is 14.9 Å². The minimum absolute atomic E-state index is 0.00255. The Labute approximate surface area is 169 Å². The summed E-state index contributed by atoms with van der Waals surface area (Å²) >= 11 is 1.21. The average molecular weight is 402 g/mol. The summed E-state index contributed by atoms with van der Waals surface area (Å²) in [6.07, 6.45) is 1.62. The first-order valence-corrected chi connectivity index (χ1v) is 9.45. The number of non-ortho nitro benzene ring substituents is 1. The second kappa shape index (κ2) is 7.66. The topological polar surface area (TPSA) is 109 Å². The summed E-state index contributed by atoms with van der Waals surface area (Å²) < 4.78 is 5.82. The number of imidazole rings is 1. The van der Waals surface area contributed by atoms with E-state index in [1.165, 1.54) is 23.9 Å². The number of rotatable bonds is 5. The van der Waals surface area contributed by atoms with Gasteiger partial charge in [0.15, 0.2) is 5.16 Å². The number of nitro groups is 1. The van der Waals surface area contributed by atoms with Gasteiger partial charge in [-0.2, -0.15) is 5.26 Å². The minimum atomic E-state index is -0.440. The molecule has 0 aliphatic carbocycles. The van der Waals surface area contributed by atoms with Gasteiger partial charge in [-0.15, -0.1) is 0 Å². The molecule has 4 rings (SSSR count). The number of aryl methyl sites for hydroxylation is 1. The Kier molecular flexibility index (Phi) is 4.89. The van der Waals surface area contributed by atoms with E-state index < -0.39 is 4.92 Å². The van der Waals surface area contributed by atoms with Gasteiger partial charge in [-0.1, -0.05) is 18.2 Å². The zero-order valence-corrected chi connectivity index (χ0v) is 16.1. The fourth-order valence-electron chi connectivity index (χ4n) is 2.86. The molecular formula is C21H14N4O3S. The lowest BCUT2D eigenvalue weighted by molar-refractivity contribution is -0.384. The molecule has 0 fully saturated rings. The molecule has 1 N–H and O–H groups in total. The lowest BCUT2D eigenvalue weighted by Gasteiger charge is -2.02. The number of nitriles is 1. The van der Waals surface area contributed by atoms with Crippen LogP contribution in [0.4, 0.5) is 5.69 Å². The maximum atomic E-state index is 11.0. The number of benzene rings is 2. The first-order chi connectivity index (χ1) is 14.0. The van der Waals surface area contributed by atoms with Crippen molar-refractivity contribution < 1.29 is 9.34 Å².